The van der Waals surface area contributed by atoms with Gasteiger partial charge in [-0.05, 0) is 36.5 Å². The van der Waals surface area contributed by atoms with Crippen molar-refractivity contribution in [3.63, 3.8) is 0 Å². The van der Waals surface area contributed by atoms with Gasteiger partial charge in [0.2, 0.25) is 5.91 Å². The highest BCUT2D eigenvalue weighted by atomic mass is 19.4. The second-order valence-electron chi connectivity index (χ2n) is 5.80. The van der Waals surface area contributed by atoms with Crippen LogP contribution < -0.4 is 0 Å². The predicted molar refractivity (Wildman–Crippen MR) is 74.5 cm³/mol. The Hall–Kier alpha value is -1.52. The lowest BCUT2D eigenvalue weighted by molar-refractivity contribution is -0.137. The minimum Gasteiger partial charge on any atom is -0.341 e. The summed E-state index contributed by atoms with van der Waals surface area (Å²) in [7, 11) is 1.65. The number of hydrogen-bond donors (Lipinski definition) is 0. The molecule has 116 valence electrons. The van der Waals surface area contributed by atoms with Gasteiger partial charge in [0.1, 0.15) is 0 Å². The van der Waals surface area contributed by atoms with Gasteiger partial charge in [0.15, 0.2) is 0 Å². The number of rotatable bonds is 4. The molecule has 1 aromatic rings. The largest absolute Gasteiger partial charge is 0.416 e. The Morgan fingerprint density at radius 1 is 1.29 bits per heavy atom. The predicted octanol–water partition coefficient (Wildman–Crippen LogP) is 4.24. The van der Waals surface area contributed by atoms with Crippen molar-refractivity contribution in [3.05, 3.63) is 35.4 Å². The smallest absolute Gasteiger partial charge is 0.341 e. The van der Waals surface area contributed by atoms with Gasteiger partial charge >= 0.3 is 6.18 Å². The summed E-state index contributed by atoms with van der Waals surface area (Å²) in [6, 6.07) is 5.16. The van der Waals surface area contributed by atoms with Crippen molar-refractivity contribution in [3.8, 4) is 0 Å². The molecule has 0 atom stereocenters. The van der Waals surface area contributed by atoms with Gasteiger partial charge in [0.25, 0.3) is 0 Å². The maximum absolute atomic E-state index is 12.7. The Kier molecular flexibility index (Phi) is 4.91. The van der Waals surface area contributed by atoms with E-state index in [0.29, 0.717) is 17.9 Å². The quantitative estimate of drug-likeness (QED) is 0.814. The summed E-state index contributed by atoms with van der Waals surface area (Å²) in [6.07, 6.45) is 0.689. The first-order valence-electron chi connectivity index (χ1n) is 7.26. The van der Waals surface area contributed by atoms with Crippen molar-refractivity contribution >= 4 is 5.91 Å². The molecule has 0 heterocycles. The van der Waals surface area contributed by atoms with Crippen LogP contribution in [0.4, 0.5) is 13.2 Å². The summed E-state index contributed by atoms with van der Waals surface area (Å²) < 4.78 is 38.0. The summed E-state index contributed by atoms with van der Waals surface area (Å²) in [5.41, 5.74) is -0.163. The van der Waals surface area contributed by atoms with E-state index in [0.717, 1.165) is 25.0 Å². The second kappa shape index (κ2) is 6.50. The molecule has 0 unspecified atom stereocenters. The van der Waals surface area contributed by atoms with Crippen LogP contribution in [0.1, 0.15) is 43.2 Å². The molecule has 0 spiro atoms. The maximum Gasteiger partial charge on any atom is 0.416 e. The summed E-state index contributed by atoms with van der Waals surface area (Å²) >= 11 is 0. The molecule has 0 aromatic heterocycles. The third-order valence-corrected chi connectivity index (χ3v) is 4.04. The molecule has 1 saturated carbocycles. The lowest BCUT2D eigenvalue weighted by Gasteiger charge is -2.20. The van der Waals surface area contributed by atoms with Crippen LogP contribution in [0, 0.1) is 5.92 Å². The van der Waals surface area contributed by atoms with Gasteiger partial charge < -0.3 is 4.90 Å². The number of alkyl halides is 3. The lowest BCUT2D eigenvalue weighted by Crippen LogP contribution is -2.27. The van der Waals surface area contributed by atoms with Crippen LogP contribution >= 0.6 is 0 Å². The number of hydrogen-bond acceptors (Lipinski definition) is 1. The third kappa shape index (κ3) is 4.48. The Morgan fingerprint density at radius 2 is 1.95 bits per heavy atom. The number of amides is 1. The SMILES string of the molecule is CN(Cc1cccc(C(F)(F)F)c1)C(=O)CC1CCCC1. The van der Waals surface area contributed by atoms with Crippen molar-refractivity contribution < 1.29 is 18.0 Å². The van der Waals surface area contributed by atoms with Crippen LogP contribution in [0.2, 0.25) is 0 Å². The first-order valence-corrected chi connectivity index (χ1v) is 7.26. The molecule has 1 amide bonds. The van der Waals surface area contributed by atoms with Crippen molar-refractivity contribution in [2.75, 3.05) is 7.05 Å². The average Bonchev–Trinajstić information content (AvgIpc) is 2.91. The van der Waals surface area contributed by atoms with Crippen LogP contribution in [0.5, 0.6) is 0 Å². The molecule has 1 aromatic carbocycles. The van der Waals surface area contributed by atoms with E-state index in [1.165, 1.54) is 23.8 Å². The van der Waals surface area contributed by atoms with Crippen molar-refractivity contribution in [1.82, 2.24) is 4.90 Å². The highest BCUT2D eigenvalue weighted by molar-refractivity contribution is 5.76. The van der Waals surface area contributed by atoms with Crippen LogP contribution in [0.25, 0.3) is 0 Å². The van der Waals surface area contributed by atoms with Crippen molar-refractivity contribution in [2.24, 2.45) is 5.92 Å². The van der Waals surface area contributed by atoms with Crippen LogP contribution in [0.15, 0.2) is 24.3 Å². The molecule has 2 nitrogen and oxygen atoms in total. The highest BCUT2D eigenvalue weighted by Gasteiger charge is 2.30. The van der Waals surface area contributed by atoms with Gasteiger partial charge in [-0.2, -0.15) is 13.2 Å². The van der Waals surface area contributed by atoms with E-state index in [1.54, 1.807) is 13.1 Å². The zero-order chi connectivity index (χ0) is 15.5. The summed E-state index contributed by atoms with van der Waals surface area (Å²) in [5, 5.41) is 0. The second-order valence-corrected chi connectivity index (χ2v) is 5.80. The van der Waals surface area contributed by atoms with E-state index >= 15 is 0 Å². The molecular formula is C16H20F3NO. The molecule has 0 bridgehead atoms. The number of benzene rings is 1. The molecule has 5 heteroatoms. The van der Waals surface area contributed by atoms with Crippen LogP contribution in [-0.4, -0.2) is 17.9 Å². The fourth-order valence-electron chi connectivity index (χ4n) is 2.83. The Morgan fingerprint density at radius 3 is 2.57 bits per heavy atom. The van der Waals surface area contributed by atoms with Crippen molar-refractivity contribution in [1.29, 1.82) is 0 Å². The Balaban J connectivity index is 1.95. The first-order chi connectivity index (χ1) is 9.86. The van der Waals surface area contributed by atoms with Gasteiger partial charge in [0.05, 0.1) is 5.56 Å². The number of carbonyl (C=O) groups excluding carboxylic acids is 1. The minimum absolute atomic E-state index is 0.0133. The van der Waals surface area contributed by atoms with Crippen LogP contribution in [-0.2, 0) is 17.5 Å². The van der Waals surface area contributed by atoms with Gasteiger partial charge in [-0.25, -0.2) is 0 Å². The number of nitrogens with zero attached hydrogens (tertiary/aromatic N) is 1. The van der Waals surface area contributed by atoms with E-state index in [9.17, 15) is 18.0 Å². The van der Waals surface area contributed by atoms with E-state index in [4.69, 9.17) is 0 Å². The van der Waals surface area contributed by atoms with Gasteiger partial charge in [0, 0.05) is 20.0 Å². The molecular weight excluding hydrogens is 279 g/mol. The van der Waals surface area contributed by atoms with E-state index in [2.05, 4.69) is 0 Å². The molecule has 0 N–H and O–H groups in total. The molecule has 0 aliphatic heterocycles. The lowest BCUT2D eigenvalue weighted by atomic mass is 10.0. The maximum atomic E-state index is 12.7. The van der Waals surface area contributed by atoms with Crippen molar-refractivity contribution in [2.45, 2.75) is 44.8 Å². The summed E-state index contributed by atoms with van der Waals surface area (Å²) in [5.74, 6) is 0.459. The molecule has 1 fully saturated rings. The third-order valence-electron chi connectivity index (χ3n) is 4.04. The van der Waals surface area contributed by atoms with E-state index in [1.807, 2.05) is 0 Å². The summed E-state index contributed by atoms with van der Waals surface area (Å²) in [6.45, 7) is 0.218. The molecule has 1 aliphatic carbocycles. The minimum atomic E-state index is -4.34. The Labute approximate surface area is 122 Å². The molecule has 21 heavy (non-hydrogen) atoms. The van der Waals surface area contributed by atoms with E-state index in [-0.39, 0.29) is 12.5 Å². The standard InChI is InChI=1S/C16H20F3NO/c1-20(15(21)10-12-5-2-3-6-12)11-13-7-4-8-14(9-13)16(17,18)19/h4,7-9,12H,2-3,5-6,10-11H2,1H3. The number of halogens is 3. The zero-order valence-electron chi connectivity index (χ0n) is 12.1. The zero-order valence-corrected chi connectivity index (χ0v) is 12.1. The normalized spacial score (nSPS) is 16.2. The molecule has 2 rings (SSSR count). The topological polar surface area (TPSA) is 20.3 Å². The summed E-state index contributed by atoms with van der Waals surface area (Å²) in [4.78, 5) is 13.6. The van der Waals surface area contributed by atoms with Gasteiger partial charge in [-0.15, -0.1) is 0 Å². The monoisotopic (exact) mass is 299 g/mol. The van der Waals surface area contributed by atoms with E-state index < -0.39 is 11.7 Å². The van der Waals surface area contributed by atoms with Gasteiger partial charge in [-0.3, -0.25) is 4.79 Å². The fourth-order valence-corrected chi connectivity index (χ4v) is 2.83. The first kappa shape index (κ1) is 15.9. The molecule has 0 radical (unpaired) electrons. The molecule has 0 saturated heterocycles. The highest BCUT2D eigenvalue weighted by Crippen LogP contribution is 2.30. The van der Waals surface area contributed by atoms with Gasteiger partial charge in [-0.1, -0.05) is 25.0 Å². The average molecular weight is 299 g/mol. The number of carbonyl (C=O) groups is 1. The van der Waals surface area contributed by atoms with Crippen LogP contribution in [0.3, 0.4) is 0 Å². The molecule has 1 aliphatic rings. The Bertz CT molecular complexity index is 493. The fraction of sp³-hybridized carbons (Fsp3) is 0.562.